The Morgan fingerprint density at radius 2 is 2.12 bits per heavy atom. The van der Waals surface area contributed by atoms with E-state index in [0.717, 1.165) is 30.7 Å². The first-order chi connectivity index (χ1) is 12.1. The summed E-state index contributed by atoms with van der Waals surface area (Å²) in [4.78, 5) is 21.3. The lowest BCUT2D eigenvalue weighted by Crippen LogP contribution is -2.32. The van der Waals surface area contributed by atoms with E-state index in [1.165, 1.54) is 11.1 Å². The average molecular weight is 335 g/mol. The molecule has 0 saturated carbocycles. The van der Waals surface area contributed by atoms with Gasteiger partial charge in [-0.25, -0.2) is 9.50 Å². The largest absolute Gasteiger partial charge is 0.349 e. The number of hydrogen-bond acceptors (Lipinski definition) is 4. The van der Waals surface area contributed by atoms with Gasteiger partial charge in [-0.3, -0.25) is 4.79 Å². The summed E-state index contributed by atoms with van der Waals surface area (Å²) in [6.45, 7) is 3.88. The van der Waals surface area contributed by atoms with Crippen LogP contribution in [0.15, 0.2) is 30.3 Å². The maximum absolute atomic E-state index is 12.5. The monoisotopic (exact) mass is 335 g/mol. The Labute approximate surface area is 146 Å². The molecule has 3 aromatic rings. The molecule has 6 heteroatoms. The number of carbonyl (C=O) groups excluding carboxylic acids is 1. The summed E-state index contributed by atoms with van der Waals surface area (Å²) in [6, 6.07) is 10.4. The maximum atomic E-state index is 12.5. The zero-order valence-corrected chi connectivity index (χ0v) is 14.5. The van der Waals surface area contributed by atoms with Crippen LogP contribution in [-0.2, 0) is 17.6 Å². The van der Waals surface area contributed by atoms with Crippen LogP contribution >= 0.6 is 0 Å². The van der Waals surface area contributed by atoms with Crippen LogP contribution in [0.1, 0.15) is 47.2 Å². The second kappa shape index (κ2) is 6.27. The molecular formula is C19H21N5O. The minimum Gasteiger partial charge on any atom is -0.349 e. The Morgan fingerprint density at radius 1 is 1.28 bits per heavy atom. The average Bonchev–Trinajstić information content (AvgIpc) is 2.97. The van der Waals surface area contributed by atoms with Crippen LogP contribution in [0.2, 0.25) is 0 Å². The van der Waals surface area contributed by atoms with E-state index in [9.17, 15) is 4.79 Å². The molecule has 0 fully saturated rings. The topological polar surface area (TPSA) is 72.2 Å². The van der Waals surface area contributed by atoms with Crippen molar-refractivity contribution in [1.82, 2.24) is 24.9 Å². The lowest BCUT2D eigenvalue weighted by atomic mass is 9.87. The molecule has 128 valence electrons. The summed E-state index contributed by atoms with van der Waals surface area (Å²) in [5.74, 6) is 0.998. The zero-order chi connectivity index (χ0) is 17.4. The molecule has 0 unspecified atom stereocenters. The van der Waals surface area contributed by atoms with E-state index in [2.05, 4.69) is 38.6 Å². The standard InChI is InChI=1S/C19H21N5O/c1-12-10-13(2)24-19(20-12)22-17(23-24)11-18(25)21-16-9-5-7-14-6-3-4-8-15(14)16/h3-4,6,8,10,16H,5,7,9,11H2,1-2H3,(H,21,25)/t16-/m1/s1. The predicted octanol–water partition coefficient (Wildman–Crippen LogP) is 2.48. The lowest BCUT2D eigenvalue weighted by Gasteiger charge is -2.26. The molecule has 0 saturated heterocycles. The van der Waals surface area contributed by atoms with Gasteiger partial charge in [0.15, 0.2) is 5.82 Å². The van der Waals surface area contributed by atoms with Crippen molar-refractivity contribution in [2.45, 2.75) is 45.6 Å². The summed E-state index contributed by atoms with van der Waals surface area (Å²) in [6.07, 6.45) is 3.32. The Morgan fingerprint density at radius 3 is 3.00 bits per heavy atom. The van der Waals surface area contributed by atoms with E-state index in [1.54, 1.807) is 4.52 Å². The normalized spacial score (nSPS) is 16.6. The number of aromatic nitrogens is 4. The number of nitrogens with zero attached hydrogens (tertiary/aromatic N) is 4. The number of hydrogen-bond donors (Lipinski definition) is 1. The third kappa shape index (κ3) is 3.12. The first-order valence-electron chi connectivity index (χ1n) is 8.67. The van der Waals surface area contributed by atoms with Gasteiger partial charge in [0.1, 0.15) is 0 Å². The van der Waals surface area contributed by atoms with E-state index in [1.807, 2.05) is 26.0 Å². The highest BCUT2D eigenvalue weighted by atomic mass is 16.1. The van der Waals surface area contributed by atoms with E-state index < -0.39 is 0 Å². The Balaban J connectivity index is 1.51. The number of rotatable bonds is 3. The van der Waals surface area contributed by atoms with Gasteiger partial charge >= 0.3 is 0 Å². The van der Waals surface area contributed by atoms with Gasteiger partial charge in [-0.2, -0.15) is 4.98 Å². The lowest BCUT2D eigenvalue weighted by molar-refractivity contribution is -0.121. The summed E-state index contributed by atoms with van der Waals surface area (Å²) < 4.78 is 1.69. The fourth-order valence-electron chi connectivity index (χ4n) is 3.58. The molecule has 1 N–H and O–H groups in total. The van der Waals surface area contributed by atoms with Crippen molar-refractivity contribution in [2.24, 2.45) is 0 Å². The third-order valence-corrected chi connectivity index (χ3v) is 4.69. The maximum Gasteiger partial charge on any atom is 0.252 e. The fourth-order valence-corrected chi connectivity index (χ4v) is 3.58. The van der Waals surface area contributed by atoms with Crippen LogP contribution in [-0.4, -0.2) is 25.5 Å². The van der Waals surface area contributed by atoms with Gasteiger partial charge in [0.05, 0.1) is 12.5 Å². The van der Waals surface area contributed by atoms with Crippen molar-refractivity contribution < 1.29 is 4.79 Å². The molecule has 0 bridgehead atoms. The molecule has 0 radical (unpaired) electrons. The molecule has 2 aromatic heterocycles. The van der Waals surface area contributed by atoms with Gasteiger partial charge in [-0.1, -0.05) is 24.3 Å². The SMILES string of the molecule is Cc1cc(C)n2nc(CC(=O)N[C@@H]3CCCc4ccccc43)nc2n1. The fraction of sp³-hybridized carbons (Fsp3) is 0.368. The highest BCUT2D eigenvalue weighted by Crippen LogP contribution is 2.29. The van der Waals surface area contributed by atoms with E-state index >= 15 is 0 Å². The van der Waals surface area contributed by atoms with Crippen molar-refractivity contribution >= 4 is 11.7 Å². The van der Waals surface area contributed by atoms with Crippen LogP contribution < -0.4 is 5.32 Å². The molecule has 1 aromatic carbocycles. The Hall–Kier alpha value is -2.76. The smallest absolute Gasteiger partial charge is 0.252 e. The van der Waals surface area contributed by atoms with Crippen molar-refractivity contribution in [3.05, 3.63) is 58.7 Å². The number of benzene rings is 1. The molecule has 25 heavy (non-hydrogen) atoms. The molecule has 1 amide bonds. The number of aryl methyl sites for hydroxylation is 3. The minimum absolute atomic E-state index is 0.0491. The van der Waals surface area contributed by atoms with Crippen molar-refractivity contribution in [3.63, 3.8) is 0 Å². The Kier molecular flexibility index (Phi) is 3.95. The predicted molar refractivity (Wildman–Crippen MR) is 94.2 cm³/mol. The Bertz CT molecular complexity index is 946. The van der Waals surface area contributed by atoms with Gasteiger partial charge in [-0.15, -0.1) is 5.10 Å². The van der Waals surface area contributed by atoms with Gasteiger partial charge in [-0.05, 0) is 50.3 Å². The van der Waals surface area contributed by atoms with Crippen molar-refractivity contribution in [3.8, 4) is 0 Å². The van der Waals surface area contributed by atoms with Crippen molar-refractivity contribution in [1.29, 1.82) is 0 Å². The van der Waals surface area contributed by atoms with Crippen LogP contribution in [0.3, 0.4) is 0 Å². The molecule has 0 aliphatic heterocycles. The van der Waals surface area contributed by atoms with Crippen LogP contribution in [0, 0.1) is 13.8 Å². The highest BCUT2D eigenvalue weighted by Gasteiger charge is 2.22. The second-order valence-corrected chi connectivity index (χ2v) is 6.67. The molecule has 1 aliphatic carbocycles. The summed E-state index contributed by atoms with van der Waals surface area (Å²) in [7, 11) is 0. The summed E-state index contributed by atoms with van der Waals surface area (Å²) >= 11 is 0. The number of fused-ring (bicyclic) bond motifs is 2. The minimum atomic E-state index is -0.0491. The zero-order valence-electron chi connectivity index (χ0n) is 14.5. The van der Waals surface area contributed by atoms with Gasteiger partial charge in [0.25, 0.3) is 5.78 Å². The number of nitrogens with one attached hydrogen (secondary N) is 1. The van der Waals surface area contributed by atoms with E-state index in [0.29, 0.717) is 11.6 Å². The molecule has 1 aliphatic rings. The molecule has 6 nitrogen and oxygen atoms in total. The third-order valence-electron chi connectivity index (χ3n) is 4.69. The van der Waals surface area contributed by atoms with Crippen molar-refractivity contribution in [2.75, 3.05) is 0 Å². The number of amides is 1. The quantitative estimate of drug-likeness (QED) is 0.798. The van der Waals surface area contributed by atoms with Crippen LogP contribution in [0.5, 0.6) is 0 Å². The van der Waals surface area contributed by atoms with E-state index in [-0.39, 0.29) is 18.4 Å². The van der Waals surface area contributed by atoms with Gasteiger partial charge in [0.2, 0.25) is 5.91 Å². The summed E-state index contributed by atoms with van der Waals surface area (Å²) in [5.41, 5.74) is 4.42. The highest BCUT2D eigenvalue weighted by molar-refractivity contribution is 5.78. The molecule has 1 atom stereocenters. The van der Waals surface area contributed by atoms with E-state index in [4.69, 9.17) is 0 Å². The molecule has 4 rings (SSSR count). The van der Waals surface area contributed by atoms with Crippen LogP contribution in [0.25, 0.3) is 5.78 Å². The first kappa shape index (κ1) is 15.7. The number of carbonyl (C=O) groups is 1. The molecule has 2 heterocycles. The first-order valence-corrected chi connectivity index (χ1v) is 8.67. The second-order valence-electron chi connectivity index (χ2n) is 6.67. The molecular weight excluding hydrogens is 314 g/mol. The van der Waals surface area contributed by atoms with Crippen LogP contribution in [0.4, 0.5) is 0 Å². The summed E-state index contributed by atoms with van der Waals surface area (Å²) in [5, 5.41) is 7.56. The van der Waals surface area contributed by atoms with Gasteiger partial charge < -0.3 is 5.32 Å². The molecule has 0 spiro atoms. The van der Waals surface area contributed by atoms with Gasteiger partial charge in [0, 0.05) is 11.4 Å².